The van der Waals surface area contributed by atoms with Gasteiger partial charge in [0.1, 0.15) is 18.8 Å². The standard InChI is InChI=1S/C13H23FN2O2/c1-5-6-9-12(18)16(8-7-14)10(11(17)15-9)13(2,3)4/h9-10H,5-8H2,1-4H3,(H,15,17). The Morgan fingerprint density at radius 2 is 1.94 bits per heavy atom. The normalized spacial score (nSPS) is 25.3. The summed E-state index contributed by atoms with van der Waals surface area (Å²) in [6.45, 7) is 6.98. The number of hydrogen-bond acceptors (Lipinski definition) is 2. The fraction of sp³-hybridized carbons (Fsp3) is 0.846. The second kappa shape index (κ2) is 5.67. The van der Waals surface area contributed by atoms with Gasteiger partial charge in [0.05, 0.1) is 0 Å². The number of piperazine rings is 1. The third-order valence-electron chi connectivity index (χ3n) is 3.18. The molecule has 2 atom stereocenters. The first-order chi connectivity index (χ1) is 8.32. The minimum atomic E-state index is -0.621. The maximum Gasteiger partial charge on any atom is 0.245 e. The van der Waals surface area contributed by atoms with Crippen LogP contribution in [-0.2, 0) is 9.59 Å². The van der Waals surface area contributed by atoms with Crippen LogP contribution in [0, 0.1) is 5.41 Å². The number of halogens is 1. The van der Waals surface area contributed by atoms with Crippen molar-refractivity contribution < 1.29 is 14.0 Å². The number of carbonyl (C=O) groups is 2. The molecule has 1 heterocycles. The van der Waals surface area contributed by atoms with E-state index in [1.54, 1.807) is 0 Å². The summed E-state index contributed by atoms with van der Waals surface area (Å²) in [5.41, 5.74) is -0.397. The fourth-order valence-corrected chi connectivity index (χ4v) is 2.46. The Morgan fingerprint density at radius 3 is 2.39 bits per heavy atom. The minimum absolute atomic E-state index is 0.00555. The maximum atomic E-state index is 12.6. The van der Waals surface area contributed by atoms with E-state index < -0.39 is 24.2 Å². The van der Waals surface area contributed by atoms with Crippen LogP contribution in [0.25, 0.3) is 0 Å². The molecule has 0 aliphatic carbocycles. The predicted molar refractivity (Wildman–Crippen MR) is 67.8 cm³/mol. The van der Waals surface area contributed by atoms with Crippen LogP contribution in [-0.4, -0.2) is 42.0 Å². The Bertz CT molecular complexity index is 325. The summed E-state index contributed by atoms with van der Waals surface area (Å²) in [7, 11) is 0. The molecule has 0 aromatic heterocycles. The second-order valence-corrected chi connectivity index (χ2v) is 5.84. The number of nitrogens with one attached hydrogen (secondary N) is 1. The smallest absolute Gasteiger partial charge is 0.245 e. The molecular weight excluding hydrogens is 235 g/mol. The molecule has 5 heteroatoms. The number of amides is 2. The SMILES string of the molecule is CCCC1NC(=O)C(C(C)(C)C)N(CCF)C1=O. The van der Waals surface area contributed by atoms with Gasteiger partial charge in [-0.1, -0.05) is 34.1 Å². The van der Waals surface area contributed by atoms with Gasteiger partial charge in [-0.2, -0.15) is 0 Å². The van der Waals surface area contributed by atoms with E-state index >= 15 is 0 Å². The van der Waals surface area contributed by atoms with Crippen molar-refractivity contribution >= 4 is 11.8 Å². The van der Waals surface area contributed by atoms with Gasteiger partial charge in [0.2, 0.25) is 11.8 Å². The molecule has 1 fully saturated rings. The zero-order valence-corrected chi connectivity index (χ0v) is 11.6. The number of alkyl halides is 1. The Morgan fingerprint density at radius 1 is 1.33 bits per heavy atom. The van der Waals surface area contributed by atoms with Crippen molar-refractivity contribution in [1.29, 1.82) is 0 Å². The van der Waals surface area contributed by atoms with Crippen LogP contribution in [0.5, 0.6) is 0 Å². The first kappa shape index (κ1) is 14.9. The molecule has 2 unspecified atom stereocenters. The average molecular weight is 258 g/mol. The number of hydrogen-bond donors (Lipinski definition) is 1. The summed E-state index contributed by atoms with van der Waals surface area (Å²) in [5.74, 6) is -0.331. The highest BCUT2D eigenvalue weighted by molar-refractivity contribution is 5.97. The summed E-state index contributed by atoms with van der Waals surface area (Å²) in [6.07, 6.45) is 1.41. The lowest BCUT2D eigenvalue weighted by Crippen LogP contribution is -2.66. The molecule has 0 spiro atoms. The van der Waals surface area contributed by atoms with Crippen molar-refractivity contribution in [2.45, 2.75) is 52.6 Å². The quantitative estimate of drug-likeness (QED) is 0.830. The van der Waals surface area contributed by atoms with Crippen molar-refractivity contribution in [1.82, 2.24) is 10.2 Å². The molecule has 2 amide bonds. The van der Waals surface area contributed by atoms with E-state index in [9.17, 15) is 14.0 Å². The van der Waals surface area contributed by atoms with E-state index in [2.05, 4.69) is 5.32 Å². The molecule has 1 N–H and O–H groups in total. The molecule has 0 bridgehead atoms. The first-order valence-corrected chi connectivity index (χ1v) is 6.49. The molecule has 18 heavy (non-hydrogen) atoms. The molecule has 1 aliphatic rings. The van der Waals surface area contributed by atoms with Gasteiger partial charge in [0.15, 0.2) is 0 Å². The largest absolute Gasteiger partial charge is 0.342 e. The molecular formula is C13H23FN2O2. The molecule has 0 aromatic rings. The van der Waals surface area contributed by atoms with Crippen molar-refractivity contribution in [2.75, 3.05) is 13.2 Å². The van der Waals surface area contributed by atoms with E-state index in [4.69, 9.17) is 0 Å². The second-order valence-electron chi connectivity index (χ2n) is 5.84. The summed E-state index contributed by atoms with van der Waals surface area (Å²) in [5, 5.41) is 2.76. The van der Waals surface area contributed by atoms with Crippen LogP contribution in [0.15, 0.2) is 0 Å². The van der Waals surface area contributed by atoms with E-state index in [-0.39, 0.29) is 18.4 Å². The van der Waals surface area contributed by atoms with Gasteiger partial charge in [-0.05, 0) is 11.8 Å². The minimum Gasteiger partial charge on any atom is -0.342 e. The molecule has 0 aromatic carbocycles. The lowest BCUT2D eigenvalue weighted by Gasteiger charge is -2.44. The Kier molecular flexibility index (Phi) is 4.71. The van der Waals surface area contributed by atoms with Gasteiger partial charge in [-0.15, -0.1) is 0 Å². The van der Waals surface area contributed by atoms with Crippen LogP contribution in [0.3, 0.4) is 0 Å². The zero-order valence-electron chi connectivity index (χ0n) is 11.6. The lowest BCUT2D eigenvalue weighted by atomic mass is 9.83. The highest BCUT2D eigenvalue weighted by atomic mass is 19.1. The topological polar surface area (TPSA) is 49.4 Å². The van der Waals surface area contributed by atoms with E-state index in [0.717, 1.165) is 6.42 Å². The van der Waals surface area contributed by atoms with Crippen LogP contribution in [0.1, 0.15) is 40.5 Å². The third kappa shape index (κ3) is 3.00. The number of carbonyl (C=O) groups excluding carboxylic acids is 2. The van der Waals surface area contributed by atoms with E-state index in [0.29, 0.717) is 6.42 Å². The van der Waals surface area contributed by atoms with Crippen molar-refractivity contribution in [3.8, 4) is 0 Å². The van der Waals surface area contributed by atoms with Gasteiger partial charge < -0.3 is 10.2 Å². The number of rotatable bonds is 4. The maximum absolute atomic E-state index is 12.6. The van der Waals surface area contributed by atoms with Gasteiger partial charge in [0, 0.05) is 6.54 Å². The van der Waals surface area contributed by atoms with Gasteiger partial charge in [-0.25, -0.2) is 4.39 Å². The van der Waals surface area contributed by atoms with Crippen LogP contribution in [0.2, 0.25) is 0 Å². The first-order valence-electron chi connectivity index (χ1n) is 6.49. The number of nitrogens with zero attached hydrogens (tertiary/aromatic N) is 1. The van der Waals surface area contributed by atoms with Crippen molar-refractivity contribution in [3.05, 3.63) is 0 Å². The van der Waals surface area contributed by atoms with Crippen LogP contribution < -0.4 is 5.32 Å². The van der Waals surface area contributed by atoms with Gasteiger partial charge in [-0.3, -0.25) is 9.59 Å². The zero-order chi connectivity index (χ0) is 13.9. The predicted octanol–water partition coefficient (Wildman–Crippen LogP) is 1.50. The molecule has 1 rings (SSSR count). The summed E-state index contributed by atoms with van der Waals surface area (Å²) >= 11 is 0. The summed E-state index contributed by atoms with van der Waals surface area (Å²) in [6, 6.07) is -1.08. The highest BCUT2D eigenvalue weighted by Crippen LogP contribution is 2.28. The molecule has 4 nitrogen and oxygen atoms in total. The molecule has 1 saturated heterocycles. The monoisotopic (exact) mass is 258 g/mol. The van der Waals surface area contributed by atoms with Gasteiger partial charge >= 0.3 is 0 Å². The molecule has 0 saturated carbocycles. The summed E-state index contributed by atoms with van der Waals surface area (Å²) in [4.78, 5) is 25.8. The third-order valence-corrected chi connectivity index (χ3v) is 3.18. The fourth-order valence-electron chi connectivity index (χ4n) is 2.46. The van der Waals surface area contributed by atoms with E-state index in [1.165, 1.54) is 4.90 Å². The van der Waals surface area contributed by atoms with Crippen molar-refractivity contribution in [2.24, 2.45) is 5.41 Å². The van der Waals surface area contributed by atoms with Crippen LogP contribution in [0.4, 0.5) is 4.39 Å². The van der Waals surface area contributed by atoms with Crippen LogP contribution >= 0.6 is 0 Å². The van der Waals surface area contributed by atoms with E-state index in [1.807, 2.05) is 27.7 Å². The van der Waals surface area contributed by atoms with Gasteiger partial charge in [0.25, 0.3) is 0 Å². The summed E-state index contributed by atoms with van der Waals surface area (Å²) < 4.78 is 12.6. The highest BCUT2D eigenvalue weighted by Gasteiger charge is 2.45. The lowest BCUT2D eigenvalue weighted by molar-refractivity contribution is -0.154. The Labute approximate surface area is 108 Å². The molecule has 1 aliphatic heterocycles. The molecule has 0 radical (unpaired) electrons. The Hall–Kier alpha value is -1.13. The Balaban J connectivity index is 2.99. The average Bonchev–Trinajstić information content (AvgIpc) is 2.23. The van der Waals surface area contributed by atoms with Crippen molar-refractivity contribution in [3.63, 3.8) is 0 Å². The molecule has 104 valence electrons.